The monoisotopic (exact) mass is 280 g/mol. The smallest absolute Gasteiger partial charge is 0.137 e. The molecule has 1 aromatic heterocycles. The summed E-state index contributed by atoms with van der Waals surface area (Å²) >= 11 is 6.09. The molecule has 0 spiro atoms. The second-order valence-corrected chi connectivity index (χ2v) is 4.96. The number of halogens is 1. The molecule has 0 saturated heterocycles. The standard InChI is InChI=1S/C15H17ClO3/c1-8-9(2)19-10(3)14(8)15(17)11-5-6-13(18-4)12(16)7-11/h5-7,15,17H,1-4H3. The van der Waals surface area contributed by atoms with Crippen LogP contribution in [0.25, 0.3) is 0 Å². The van der Waals surface area contributed by atoms with E-state index in [1.54, 1.807) is 25.3 Å². The lowest BCUT2D eigenvalue weighted by atomic mass is 9.98. The fourth-order valence-corrected chi connectivity index (χ4v) is 2.50. The summed E-state index contributed by atoms with van der Waals surface area (Å²) in [5, 5.41) is 11.0. The zero-order valence-electron chi connectivity index (χ0n) is 11.5. The number of benzene rings is 1. The first-order valence-corrected chi connectivity index (χ1v) is 6.41. The van der Waals surface area contributed by atoms with Gasteiger partial charge in [0.05, 0.1) is 12.1 Å². The van der Waals surface area contributed by atoms with E-state index in [1.807, 2.05) is 20.8 Å². The molecule has 2 rings (SSSR count). The predicted octanol–water partition coefficient (Wildman–Crippen LogP) is 3.95. The van der Waals surface area contributed by atoms with Crippen molar-refractivity contribution < 1.29 is 14.3 Å². The Hall–Kier alpha value is -1.45. The first-order chi connectivity index (χ1) is 8.95. The Bertz CT molecular complexity index is 602. The number of methoxy groups -OCH3 is 1. The summed E-state index contributed by atoms with van der Waals surface area (Å²) in [6.45, 7) is 5.68. The van der Waals surface area contributed by atoms with Crippen LogP contribution in [0.5, 0.6) is 5.75 Å². The first kappa shape index (κ1) is 14.0. The summed E-state index contributed by atoms with van der Waals surface area (Å²) in [5.74, 6) is 2.15. The normalized spacial score (nSPS) is 12.5. The van der Waals surface area contributed by atoms with E-state index in [0.717, 1.165) is 28.2 Å². The minimum absolute atomic E-state index is 0.481. The van der Waals surface area contributed by atoms with Crippen LogP contribution in [0.1, 0.15) is 34.3 Å². The van der Waals surface area contributed by atoms with Gasteiger partial charge in [-0.1, -0.05) is 17.7 Å². The molecule has 0 aliphatic rings. The average molecular weight is 281 g/mol. The molecule has 1 heterocycles. The summed E-state index contributed by atoms with van der Waals surface area (Å²) in [6, 6.07) is 5.27. The van der Waals surface area contributed by atoms with E-state index in [-0.39, 0.29) is 0 Å². The number of aryl methyl sites for hydroxylation is 2. The van der Waals surface area contributed by atoms with E-state index in [9.17, 15) is 5.11 Å². The van der Waals surface area contributed by atoms with Gasteiger partial charge in [0.25, 0.3) is 0 Å². The van der Waals surface area contributed by atoms with E-state index >= 15 is 0 Å². The topological polar surface area (TPSA) is 42.6 Å². The Labute approximate surface area is 117 Å². The molecule has 1 atom stereocenters. The minimum Gasteiger partial charge on any atom is -0.495 e. The second-order valence-electron chi connectivity index (χ2n) is 4.55. The molecule has 0 radical (unpaired) electrons. The van der Waals surface area contributed by atoms with Crippen molar-refractivity contribution in [3.8, 4) is 5.75 Å². The first-order valence-electron chi connectivity index (χ1n) is 6.03. The Morgan fingerprint density at radius 2 is 1.89 bits per heavy atom. The van der Waals surface area contributed by atoms with E-state index < -0.39 is 6.10 Å². The number of furan rings is 1. The van der Waals surface area contributed by atoms with Gasteiger partial charge in [-0.2, -0.15) is 0 Å². The van der Waals surface area contributed by atoms with Crippen LogP contribution in [0.3, 0.4) is 0 Å². The van der Waals surface area contributed by atoms with Gasteiger partial charge in [-0.15, -0.1) is 0 Å². The van der Waals surface area contributed by atoms with Gasteiger partial charge in [0, 0.05) is 5.56 Å². The fourth-order valence-electron chi connectivity index (χ4n) is 2.23. The second kappa shape index (κ2) is 5.27. The number of ether oxygens (including phenoxy) is 1. The Kier molecular flexibility index (Phi) is 3.88. The molecule has 1 unspecified atom stereocenters. The van der Waals surface area contributed by atoms with E-state index in [1.165, 1.54) is 0 Å². The van der Waals surface area contributed by atoms with Crippen molar-refractivity contribution in [3.05, 3.63) is 51.4 Å². The third-order valence-corrected chi connectivity index (χ3v) is 3.68. The van der Waals surface area contributed by atoms with Gasteiger partial charge in [0.15, 0.2) is 0 Å². The van der Waals surface area contributed by atoms with E-state index in [0.29, 0.717) is 10.8 Å². The summed E-state index contributed by atoms with van der Waals surface area (Å²) in [7, 11) is 1.56. The minimum atomic E-state index is -0.749. The van der Waals surface area contributed by atoms with Crippen molar-refractivity contribution in [2.24, 2.45) is 0 Å². The van der Waals surface area contributed by atoms with E-state index in [4.69, 9.17) is 20.8 Å². The molecular formula is C15H17ClO3. The maximum Gasteiger partial charge on any atom is 0.137 e. The third kappa shape index (κ3) is 2.48. The summed E-state index contributed by atoms with van der Waals surface area (Å²) < 4.78 is 10.7. The van der Waals surface area contributed by atoms with Gasteiger partial charge >= 0.3 is 0 Å². The van der Waals surface area contributed by atoms with E-state index in [2.05, 4.69) is 0 Å². The summed E-state index contributed by atoms with van der Waals surface area (Å²) in [6.07, 6.45) is -0.749. The lowest BCUT2D eigenvalue weighted by Gasteiger charge is -2.13. The quantitative estimate of drug-likeness (QED) is 0.926. The predicted molar refractivity (Wildman–Crippen MR) is 75.0 cm³/mol. The SMILES string of the molecule is COc1ccc(C(O)c2c(C)oc(C)c2C)cc1Cl. The average Bonchev–Trinajstić information content (AvgIpc) is 2.62. The van der Waals surface area contributed by atoms with Gasteiger partial charge in [-0.3, -0.25) is 0 Å². The molecule has 0 saturated carbocycles. The number of rotatable bonds is 3. The highest BCUT2D eigenvalue weighted by Crippen LogP contribution is 2.34. The maximum absolute atomic E-state index is 10.5. The Balaban J connectivity index is 2.44. The van der Waals surface area contributed by atoms with Crippen LogP contribution in [-0.4, -0.2) is 12.2 Å². The van der Waals surface area contributed by atoms with Gasteiger partial charge < -0.3 is 14.3 Å². The lowest BCUT2D eigenvalue weighted by Crippen LogP contribution is -2.02. The molecule has 102 valence electrons. The van der Waals surface area contributed by atoms with Crippen LogP contribution in [-0.2, 0) is 0 Å². The number of aliphatic hydroxyl groups is 1. The van der Waals surface area contributed by atoms with Crippen molar-refractivity contribution in [3.63, 3.8) is 0 Å². The largest absolute Gasteiger partial charge is 0.495 e. The molecule has 0 bridgehead atoms. The van der Waals surface area contributed by atoms with Crippen LogP contribution in [0.2, 0.25) is 5.02 Å². The number of hydrogen-bond acceptors (Lipinski definition) is 3. The molecule has 1 aromatic carbocycles. The van der Waals surface area contributed by atoms with Crippen molar-refractivity contribution in [1.29, 1.82) is 0 Å². The molecule has 19 heavy (non-hydrogen) atoms. The van der Waals surface area contributed by atoms with Crippen molar-refractivity contribution >= 4 is 11.6 Å². The molecule has 0 aliphatic heterocycles. The molecule has 3 nitrogen and oxygen atoms in total. The summed E-state index contributed by atoms with van der Waals surface area (Å²) in [4.78, 5) is 0. The molecular weight excluding hydrogens is 264 g/mol. The van der Waals surface area contributed by atoms with Crippen LogP contribution < -0.4 is 4.74 Å². The zero-order valence-corrected chi connectivity index (χ0v) is 12.2. The molecule has 0 aliphatic carbocycles. The highest BCUT2D eigenvalue weighted by molar-refractivity contribution is 6.32. The van der Waals surface area contributed by atoms with Crippen LogP contribution >= 0.6 is 11.6 Å². The molecule has 1 N–H and O–H groups in total. The maximum atomic E-state index is 10.5. The zero-order chi connectivity index (χ0) is 14.2. The number of hydrogen-bond donors (Lipinski definition) is 1. The van der Waals surface area contributed by atoms with Crippen LogP contribution in [0, 0.1) is 20.8 Å². The molecule has 4 heteroatoms. The third-order valence-electron chi connectivity index (χ3n) is 3.38. The molecule has 0 amide bonds. The highest BCUT2D eigenvalue weighted by atomic mass is 35.5. The Morgan fingerprint density at radius 1 is 1.21 bits per heavy atom. The molecule has 2 aromatic rings. The summed E-state index contributed by atoms with van der Waals surface area (Å²) in [5.41, 5.74) is 2.49. The lowest BCUT2D eigenvalue weighted by molar-refractivity contribution is 0.217. The highest BCUT2D eigenvalue weighted by Gasteiger charge is 2.21. The fraction of sp³-hybridized carbons (Fsp3) is 0.333. The van der Waals surface area contributed by atoms with Crippen LogP contribution in [0.4, 0.5) is 0 Å². The van der Waals surface area contributed by atoms with Gasteiger partial charge in [0.2, 0.25) is 0 Å². The van der Waals surface area contributed by atoms with Crippen LogP contribution in [0.15, 0.2) is 22.6 Å². The molecule has 0 fully saturated rings. The van der Waals surface area contributed by atoms with Crippen molar-refractivity contribution in [2.75, 3.05) is 7.11 Å². The van der Waals surface area contributed by atoms with Gasteiger partial charge in [-0.25, -0.2) is 0 Å². The van der Waals surface area contributed by atoms with Crippen molar-refractivity contribution in [2.45, 2.75) is 26.9 Å². The van der Waals surface area contributed by atoms with Crippen molar-refractivity contribution in [1.82, 2.24) is 0 Å². The Morgan fingerprint density at radius 3 is 2.37 bits per heavy atom. The van der Waals surface area contributed by atoms with Gasteiger partial charge in [-0.05, 0) is 44.0 Å². The number of aliphatic hydroxyl groups excluding tert-OH is 1. The van der Waals surface area contributed by atoms with Gasteiger partial charge in [0.1, 0.15) is 23.4 Å².